The Labute approximate surface area is 138 Å². The topological polar surface area (TPSA) is 64.1 Å². The van der Waals surface area contributed by atoms with E-state index in [1.165, 1.54) is 17.7 Å². The van der Waals surface area contributed by atoms with Crippen molar-refractivity contribution in [3.05, 3.63) is 64.7 Å². The summed E-state index contributed by atoms with van der Waals surface area (Å²) in [5.41, 5.74) is 3.20. The van der Waals surface area contributed by atoms with Crippen molar-refractivity contribution in [3.8, 4) is 17.0 Å². The molecule has 2 aromatic heterocycles. The molecule has 5 nitrogen and oxygen atoms in total. The summed E-state index contributed by atoms with van der Waals surface area (Å²) < 4.78 is 5.15. The molecule has 1 N–H and O–H groups in total. The van der Waals surface area contributed by atoms with E-state index in [1.807, 2.05) is 41.1 Å². The highest BCUT2D eigenvalue weighted by atomic mass is 32.1. The third-order valence-electron chi connectivity index (χ3n) is 3.32. The molecule has 6 heteroatoms. The van der Waals surface area contributed by atoms with Crippen molar-refractivity contribution in [2.24, 2.45) is 0 Å². The number of carbonyl (C=O) groups excluding carboxylic acids is 1. The average molecular weight is 325 g/mol. The molecule has 0 fully saturated rings. The van der Waals surface area contributed by atoms with Crippen LogP contribution < -0.4 is 10.1 Å². The van der Waals surface area contributed by atoms with Gasteiger partial charge >= 0.3 is 0 Å². The highest BCUT2D eigenvalue weighted by Crippen LogP contribution is 2.20. The lowest BCUT2D eigenvalue weighted by Gasteiger charge is -2.06. The normalized spacial score (nSPS) is 10.3. The fraction of sp³-hybridized carbons (Fsp3) is 0.118. The molecule has 116 valence electrons. The molecular formula is C17H15N3O2S. The SMILES string of the molecule is COc1ccc(-c2cc(CNC(=O)c3ccsc3)ncn2)cc1. The molecule has 0 radical (unpaired) electrons. The summed E-state index contributed by atoms with van der Waals surface area (Å²) in [5.74, 6) is 0.696. The number of nitrogens with one attached hydrogen (secondary N) is 1. The van der Waals surface area contributed by atoms with E-state index < -0.39 is 0 Å². The Bertz CT molecular complexity index is 786. The van der Waals surface area contributed by atoms with Gasteiger partial charge in [0.25, 0.3) is 5.91 Å². The largest absolute Gasteiger partial charge is 0.497 e. The Morgan fingerprint density at radius 3 is 2.74 bits per heavy atom. The van der Waals surface area contributed by atoms with Crippen LogP contribution in [0.5, 0.6) is 5.75 Å². The summed E-state index contributed by atoms with van der Waals surface area (Å²) in [4.78, 5) is 20.4. The van der Waals surface area contributed by atoms with E-state index in [1.54, 1.807) is 13.2 Å². The summed E-state index contributed by atoms with van der Waals surface area (Å²) in [5, 5.41) is 6.55. The zero-order chi connectivity index (χ0) is 16.1. The molecule has 0 saturated heterocycles. The van der Waals surface area contributed by atoms with Crippen LogP contribution in [0.15, 0.2) is 53.5 Å². The fourth-order valence-corrected chi connectivity index (χ4v) is 2.72. The van der Waals surface area contributed by atoms with E-state index in [0.717, 1.165) is 22.7 Å². The van der Waals surface area contributed by atoms with Gasteiger partial charge in [-0.2, -0.15) is 11.3 Å². The maximum atomic E-state index is 11.9. The molecule has 2 heterocycles. The van der Waals surface area contributed by atoms with Gasteiger partial charge in [-0.3, -0.25) is 4.79 Å². The number of carbonyl (C=O) groups is 1. The van der Waals surface area contributed by atoms with Crippen LogP contribution in [0, 0.1) is 0 Å². The second-order valence-corrected chi connectivity index (χ2v) is 5.60. The van der Waals surface area contributed by atoms with Gasteiger partial charge in [0.2, 0.25) is 0 Å². The fourth-order valence-electron chi connectivity index (χ4n) is 2.08. The minimum absolute atomic E-state index is 0.101. The van der Waals surface area contributed by atoms with Crippen molar-refractivity contribution in [3.63, 3.8) is 0 Å². The molecular weight excluding hydrogens is 310 g/mol. The van der Waals surface area contributed by atoms with Crippen LogP contribution in [0.4, 0.5) is 0 Å². The summed E-state index contributed by atoms with van der Waals surface area (Å²) in [6, 6.07) is 11.3. The molecule has 0 unspecified atom stereocenters. The van der Waals surface area contributed by atoms with Gasteiger partial charge in [0, 0.05) is 16.5 Å². The molecule has 0 atom stereocenters. The molecule has 0 spiro atoms. The number of hydrogen-bond acceptors (Lipinski definition) is 5. The quantitative estimate of drug-likeness (QED) is 0.783. The molecule has 1 amide bonds. The van der Waals surface area contributed by atoms with Crippen molar-refractivity contribution in [1.29, 1.82) is 0 Å². The lowest BCUT2D eigenvalue weighted by molar-refractivity contribution is 0.0951. The molecule has 0 aliphatic heterocycles. The van der Waals surface area contributed by atoms with E-state index in [2.05, 4.69) is 15.3 Å². The number of methoxy groups -OCH3 is 1. The van der Waals surface area contributed by atoms with Gasteiger partial charge in [-0.25, -0.2) is 9.97 Å². The Kier molecular flexibility index (Phi) is 4.63. The van der Waals surface area contributed by atoms with Gasteiger partial charge in [0.1, 0.15) is 12.1 Å². The number of amides is 1. The van der Waals surface area contributed by atoms with Gasteiger partial charge in [0.15, 0.2) is 0 Å². The van der Waals surface area contributed by atoms with Crippen LogP contribution in [0.3, 0.4) is 0 Å². The predicted octanol–water partition coefficient (Wildman–Crippen LogP) is 3.14. The Balaban J connectivity index is 1.70. The number of aromatic nitrogens is 2. The Morgan fingerprint density at radius 1 is 1.22 bits per heavy atom. The maximum Gasteiger partial charge on any atom is 0.252 e. The van der Waals surface area contributed by atoms with Gasteiger partial charge in [-0.15, -0.1) is 0 Å². The van der Waals surface area contributed by atoms with Crippen molar-refractivity contribution < 1.29 is 9.53 Å². The van der Waals surface area contributed by atoms with Crippen LogP contribution in [0.1, 0.15) is 16.1 Å². The first kappa shape index (κ1) is 15.2. The second kappa shape index (κ2) is 7.02. The van der Waals surface area contributed by atoms with E-state index >= 15 is 0 Å². The van der Waals surface area contributed by atoms with Crippen LogP contribution in [0.25, 0.3) is 11.3 Å². The number of nitrogens with zero attached hydrogens (tertiary/aromatic N) is 2. The smallest absolute Gasteiger partial charge is 0.252 e. The van der Waals surface area contributed by atoms with E-state index in [4.69, 9.17) is 4.74 Å². The number of hydrogen-bond donors (Lipinski definition) is 1. The van der Waals surface area contributed by atoms with Crippen LogP contribution in [-0.4, -0.2) is 23.0 Å². The van der Waals surface area contributed by atoms with Gasteiger partial charge in [0.05, 0.1) is 25.0 Å². The molecule has 23 heavy (non-hydrogen) atoms. The first-order valence-electron chi connectivity index (χ1n) is 7.02. The molecule has 0 bridgehead atoms. The number of rotatable bonds is 5. The van der Waals surface area contributed by atoms with E-state index in [0.29, 0.717) is 12.1 Å². The first-order valence-corrected chi connectivity index (χ1v) is 7.96. The van der Waals surface area contributed by atoms with E-state index in [9.17, 15) is 4.79 Å². The monoisotopic (exact) mass is 325 g/mol. The Hall–Kier alpha value is -2.73. The highest BCUT2D eigenvalue weighted by molar-refractivity contribution is 7.08. The molecule has 3 aromatic rings. The standard InChI is InChI=1S/C17H15N3O2S/c1-22-15-4-2-12(3-5-15)16-8-14(19-11-20-16)9-18-17(21)13-6-7-23-10-13/h2-8,10-11H,9H2,1H3,(H,18,21). The van der Waals surface area contributed by atoms with Crippen LogP contribution in [0.2, 0.25) is 0 Å². The maximum absolute atomic E-state index is 11.9. The predicted molar refractivity (Wildman–Crippen MR) is 89.5 cm³/mol. The van der Waals surface area contributed by atoms with Crippen molar-refractivity contribution in [2.75, 3.05) is 7.11 Å². The number of benzene rings is 1. The van der Waals surface area contributed by atoms with Crippen LogP contribution >= 0.6 is 11.3 Å². The van der Waals surface area contributed by atoms with Gasteiger partial charge in [-0.05, 0) is 41.8 Å². The lowest BCUT2D eigenvalue weighted by atomic mass is 10.1. The third kappa shape index (κ3) is 3.73. The summed E-state index contributed by atoms with van der Waals surface area (Å²) in [6.45, 7) is 0.361. The molecule has 0 saturated carbocycles. The highest BCUT2D eigenvalue weighted by Gasteiger charge is 2.07. The van der Waals surface area contributed by atoms with Crippen molar-refractivity contribution >= 4 is 17.2 Å². The van der Waals surface area contributed by atoms with Crippen LogP contribution in [-0.2, 0) is 6.54 Å². The van der Waals surface area contributed by atoms with Gasteiger partial charge in [-0.1, -0.05) is 0 Å². The number of ether oxygens (including phenoxy) is 1. The molecule has 1 aromatic carbocycles. The van der Waals surface area contributed by atoms with Gasteiger partial charge < -0.3 is 10.1 Å². The van der Waals surface area contributed by atoms with E-state index in [-0.39, 0.29) is 5.91 Å². The lowest BCUT2D eigenvalue weighted by Crippen LogP contribution is -2.22. The molecule has 0 aliphatic rings. The summed E-state index contributed by atoms with van der Waals surface area (Å²) in [6.07, 6.45) is 1.51. The van der Waals surface area contributed by atoms with Crippen molar-refractivity contribution in [1.82, 2.24) is 15.3 Å². The molecule has 3 rings (SSSR count). The molecule has 0 aliphatic carbocycles. The third-order valence-corrected chi connectivity index (χ3v) is 4.01. The zero-order valence-corrected chi connectivity index (χ0v) is 13.3. The summed E-state index contributed by atoms with van der Waals surface area (Å²) in [7, 11) is 1.63. The second-order valence-electron chi connectivity index (χ2n) is 4.82. The number of thiophene rings is 1. The summed E-state index contributed by atoms with van der Waals surface area (Å²) >= 11 is 1.50. The minimum Gasteiger partial charge on any atom is -0.497 e. The van der Waals surface area contributed by atoms with Crippen molar-refractivity contribution in [2.45, 2.75) is 6.54 Å². The minimum atomic E-state index is -0.101. The first-order chi connectivity index (χ1) is 11.3. The average Bonchev–Trinajstić information content (AvgIpc) is 3.15. The Morgan fingerprint density at radius 2 is 2.04 bits per heavy atom. The zero-order valence-electron chi connectivity index (χ0n) is 12.5.